The predicted octanol–water partition coefficient (Wildman–Crippen LogP) is 4.39. The van der Waals surface area contributed by atoms with Gasteiger partial charge < -0.3 is 9.88 Å². The normalized spacial score (nSPS) is 14.6. The third kappa shape index (κ3) is 2.00. The zero-order valence-electron chi connectivity index (χ0n) is 12.4. The molecule has 3 nitrogen and oxygen atoms in total. The minimum atomic E-state index is 0.609. The number of imidazole rings is 1. The molecule has 1 N–H and O–H groups in total. The first-order valence-electron chi connectivity index (χ1n) is 7.53. The summed E-state index contributed by atoms with van der Waals surface area (Å²) >= 11 is 0. The largest absolute Gasteiger partial charge is 0.388 e. The van der Waals surface area contributed by atoms with Crippen LogP contribution in [0.15, 0.2) is 42.5 Å². The van der Waals surface area contributed by atoms with Gasteiger partial charge >= 0.3 is 0 Å². The van der Waals surface area contributed by atoms with Crippen molar-refractivity contribution >= 4 is 16.7 Å². The zero-order valence-corrected chi connectivity index (χ0v) is 12.4. The van der Waals surface area contributed by atoms with Crippen molar-refractivity contribution in [1.29, 1.82) is 0 Å². The van der Waals surface area contributed by atoms with Crippen LogP contribution < -0.4 is 5.32 Å². The Morgan fingerprint density at radius 1 is 1.14 bits per heavy atom. The van der Waals surface area contributed by atoms with E-state index in [2.05, 4.69) is 59.3 Å². The number of para-hydroxylation sites is 1. The highest BCUT2D eigenvalue weighted by molar-refractivity contribution is 5.85. The summed E-state index contributed by atoms with van der Waals surface area (Å²) < 4.78 is 2.42. The van der Waals surface area contributed by atoms with Crippen molar-refractivity contribution in [3.8, 4) is 11.4 Å². The van der Waals surface area contributed by atoms with E-state index < -0.39 is 0 Å². The fourth-order valence-electron chi connectivity index (χ4n) is 3.00. The quantitative estimate of drug-likeness (QED) is 0.769. The first-order chi connectivity index (χ1) is 10.3. The van der Waals surface area contributed by atoms with Crippen molar-refractivity contribution in [3.05, 3.63) is 48.0 Å². The molecule has 4 rings (SSSR count). The molecule has 3 heteroatoms. The summed E-state index contributed by atoms with van der Waals surface area (Å²) in [4.78, 5) is 4.94. The minimum absolute atomic E-state index is 0.609. The van der Waals surface area contributed by atoms with Gasteiger partial charge in [-0.25, -0.2) is 4.98 Å². The average molecular weight is 277 g/mol. The number of hydrogen-bond donors (Lipinski definition) is 1. The van der Waals surface area contributed by atoms with Crippen molar-refractivity contribution in [1.82, 2.24) is 9.55 Å². The Balaban J connectivity index is 2.01. The second kappa shape index (κ2) is 4.62. The molecule has 1 heterocycles. The second-order valence-electron chi connectivity index (χ2n) is 5.82. The molecule has 2 aromatic carbocycles. The lowest BCUT2D eigenvalue weighted by Gasteiger charge is -2.11. The van der Waals surface area contributed by atoms with Crippen molar-refractivity contribution < 1.29 is 0 Å². The van der Waals surface area contributed by atoms with Gasteiger partial charge in [0.2, 0.25) is 0 Å². The summed E-state index contributed by atoms with van der Waals surface area (Å²) in [7, 11) is 1.97. The van der Waals surface area contributed by atoms with Gasteiger partial charge in [-0.3, -0.25) is 0 Å². The zero-order chi connectivity index (χ0) is 14.4. The van der Waals surface area contributed by atoms with Crippen molar-refractivity contribution in [2.24, 2.45) is 0 Å². The first kappa shape index (κ1) is 12.5. The fraction of sp³-hybridized carbons (Fsp3) is 0.278. The number of benzene rings is 2. The lowest BCUT2D eigenvalue weighted by molar-refractivity contribution is 0.775. The van der Waals surface area contributed by atoms with Crippen LogP contribution in [0, 0.1) is 6.92 Å². The lowest BCUT2D eigenvalue weighted by Crippen LogP contribution is -2.00. The number of aromatic nitrogens is 2. The highest BCUT2D eigenvalue weighted by Crippen LogP contribution is 2.42. The summed E-state index contributed by atoms with van der Waals surface area (Å²) in [6.45, 7) is 2.12. The predicted molar refractivity (Wildman–Crippen MR) is 87.7 cm³/mol. The van der Waals surface area contributed by atoms with Gasteiger partial charge in [-0.05, 0) is 49.6 Å². The van der Waals surface area contributed by atoms with E-state index in [9.17, 15) is 0 Å². The van der Waals surface area contributed by atoms with Gasteiger partial charge in [0.15, 0.2) is 0 Å². The smallest absolute Gasteiger partial charge is 0.143 e. The van der Waals surface area contributed by atoms with E-state index in [-0.39, 0.29) is 0 Å². The molecule has 0 spiro atoms. The molecule has 1 aliphatic carbocycles. The van der Waals surface area contributed by atoms with Crippen LogP contribution in [0.25, 0.3) is 22.4 Å². The topological polar surface area (TPSA) is 29.9 Å². The van der Waals surface area contributed by atoms with Gasteiger partial charge in [-0.15, -0.1) is 0 Å². The SMILES string of the molecule is CNc1ccccc1-c1nc2cc(C)ccc2n1C1CC1. The second-order valence-corrected chi connectivity index (χ2v) is 5.82. The molecule has 3 aromatic rings. The van der Waals surface area contributed by atoms with Crippen molar-refractivity contribution in [2.75, 3.05) is 12.4 Å². The Bertz CT molecular complexity index is 812. The maximum atomic E-state index is 4.94. The van der Waals surface area contributed by atoms with Crippen molar-refractivity contribution in [3.63, 3.8) is 0 Å². The van der Waals surface area contributed by atoms with Gasteiger partial charge in [0.05, 0.1) is 11.0 Å². The molecule has 0 saturated heterocycles. The summed E-state index contributed by atoms with van der Waals surface area (Å²) in [5.74, 6) is 1.09. The third-order valence-electron chi connectivity index (χ3n) is 4.19. The molecule has 0 bridgehead atoms. The van der Waals surface area contributed by atoms with Crippen LogP contribution in [0.2, 0.25) is 0 Å². The standard InChI is InChI=1S/C18H19N3/c1-12-7-10-17-16(11-12)20-18(21(17)13-8-9-13)14-5-3-4-6-15(14)19-2/h3-7,10-11,13,19H,8-9H2,1-2H3. The number of hydrogen-bond acceptors (Lipinski definition) is 2. The molecule has 0 radical (unpaired) electrons. The van der Waals surface area contributed by atoms with E-state index in [0.717, 1.165) is 17.0 Å². The Labute approximate surface area is 124 Å². The van der Waals surface area contributed by atoms with E-state index in [1.165, 1.54) is 29.5 Å². The Morgan fingerprint density at radius 3 is 2.71 bits per heavy atom. The molecular formula is C18H19N3. The fourth-order valence-corrected chi connectivity index (χ4v) is 3.00. The van der Waals surface area contributed by atoms with Gasteiger partial charge in [0, 0.05) is 24.3 Å². The number of anilines is 1. The molecule has 0 atom stereocenters. The Hall–Kier alpha value is -2.29. The summed E-state index contributed by atoms with van der Waals surface area (Å²) in [5, 5.41) is 3.28. The molecule has 21 heavy (non-hydrogen) atoms. The monoisotopic (exact) mass is 277 g/mol. The van der Waals surface area contributed by atoms with Crippen LogP contribution in [0.1, 0.15) is 24.4 Å². The maximum absolute atomic E-state index is 4.94. The molecule has 1 aromatic heterocycles. The molecule has 0 amide bonds. The Morgan fingerprint density at radius 2 is 1.95 bits per heavy atom. The molecule has 1 aliphatic rings. The van der Waals surface area contributed by atoms with Crippen LogP contribution in [-0.4, -0.2) is 16.6 Å². The van der Waals surface area contributed by atoms with E-state index in [4.69, 9.17) is 4.98 Å². The van der Waals surface area contributed by atoms with Crippen molar-refractivity contribution in [2.45, 2.75) is 25.8 Å². The number of nitrogens with one attached hydrogen (secondary N) is 1. The molecule has 1 fully saturated rings. The Kier molecular flexibility index (Phi) is 2.74. The van der Waals surface area contributed by atoms with E-state index in [1.54, 1.807) is 0 Å². The summed E-state index contributed by atoms with van der Waals surface area (Å²) in [6.07, 6.45) is 2.52. The highest BCUT2D eigenvalue weighted by atomic mass is 15.1. The van der Waals surface area contributed by atoms with Gasteiger partial charge in [0.1, 0.15) is 5.82 Å². The number of fused-ring (bicyclic) bond motifs is 1. The lowest BCUT2D eigenvalue weighted by atomic mass is 10.1. The van der Waals surface area contributed by atoms with Crippen LogP contribution in [-0.2, 0) is 0 Å². The minimum Gasteiger partial charge on any atom is -0.388 e. The van der Waals surface area contributed by atoms with Gasteiger partial charge in [0.25, 0.3) is 0 Å². The molecular weight excluding hydrogens is 258 g/mol. The van der Waals surface area contributed by atoms with E-state index in [0.29, 0.717) is 6.04 Å². The highest BCUT2D eigenvalue weighted by Gasteiger charge is 2.29. The maximum Gasteiger partial charge on any atom is 0.143 e. The van der Waals surface area contributed by atoms with Crippen LogP contribution in [0.3, 0.4) is 0 Å². The number of nitrogens with zero attached hydrogens (tertiary/aromatic N) is 2. The van der Waals surface area contributed by atoms with Crippen LogP contribution >= 0.6 is 0 Å². The first-order valence-corrected chi connectivity index (χ1v) is 7.53. The van der Waals surface area contributed by atoms with Crippen LogP contribution in [0.5, 0.6) is 0 Å². The molecule has 1 saturated carbocycles. The van der Waals surface area contributed by atoms with E-state index in [1.807, 2.05) is 7.05 Å². The van der Waals surface area contributed by atoms with Crippen LogP contribution in [0.4, 0.5) is 5.69 Å². The van der Waals surface area contributed by atoms with E-state index >= 15 is 0 Å². The van der Waals surface area contributed by atoms with Gasteiger partial charge in [-0.2, -0.15) is 0 Å². The molecule has 0 unspecified atom stereocenters. The summed E-state index contributed by atoms with van der Waals surface area (Å²) in [6, 6.07) is 15.6. The number of rotatable bonds is 3. The third-order valence-corrected chi connectivity index (χ3v) is 4.19. The van der Waals surface area contributed by atoms with Gasteiger partial charge in [-0.1, -0.05) is 18.2 Å². The molecule has 0 aliphatic heterocycles. The number of aryl methyl sites for hydroxylation is 1. The summed E-state index contributed by atoms with van der Waals surface area (Å²) in [5.41, 5.74) is 5.93. The average Bonchev–Trinajstić information content (AvgIpc) is 3.27. The molecule has 106 valence electrons.